The first kappa shape index (κ1) is 29.5. The molecule has 178 valence electrons. The van der Waals surface area contributed by atoms with Gasteiger partial charge in [0, 0.05) is 18.4 Å². The van der Waals surface area contributed by atoms with Crippen LogP contribution in [0.25, 0.3) is 0 Å². The van der Waals surface area contributed by atoms with Gasteiger partial charge >= 0.3 is 6.03 Å². The van der Waals surface area contributed by atoms with Gasteiger partial charge in [0.2, 0.25) is 11.9 Å². The van der Waals surface area contributed by atoms with Crippen molar-refractivity contribution >= 4 is 74.7 Å². The molecule has 11 nitrogen and oxygen atoms in total. The summed E-state index contributed by atoms with van der Waals surface area (Å²) < 4.78 is 0. The van der Waals surface area contributed by atoms with Gasteiger partial charge in [0.25, 0.3) is 0 Å². The van der Waals surface area contributed by atoms with Crippen molar-refractivity contribution in [3.05, 3.63) is 59.7 Å². The lowest BCUT2D eigenvalue weighted by atomic mass is 10.1. The molecule has 13 heteroatoms. The third-order valence-electron chi connectivity index (χ3n) is 4.16. The monoisotopic (exact) mass is 582 g/mol. The number of hydrogen-bond acceptors (Lipinski definition) is 5. The van der Waals surface area contributed by atoms with E-state index >= 15 is 0 Å². The van der Waals surface area contributed by atoms with Crippen molar-refractivity contribution in [1.29, 1.82) is 0 Å². The fraction of sp³-hybridized carbons (Fsp3) is 0.150. The van der Waals surface area contributed by atoms with E-state index in [0.29, 0.717) is 22.8 Å². The lowest BCUT2D eigenvalue weighted by Gasteiger charge is -2.18. The number of halogens is 2. The molecule has 9 N–H and O–H groups in total. The van der Waals surface area contributed by atoms with Gasteiger partial charge in [-0.3, -0.25) is 4.90 Å². The van der Waals surface area contributed by atoms with Gasteiger partial charge in [-0.05, 0) is 49.2 Å². The number of nitrogens with one attached hydrogen (secondary N) is 1. The fourth-order valence-electron chi connectivity index (χ4n) is 2.43. The highest BCUT2D eigenvalue weighted by molar-refractivity contribution is 8.93. The molecule has 0 unspecified atom stereocenters. The van der Waals surface area contributed by atoms with Crippen LogP contribution < -0.4 is 33.2 Å². The quantitative estimate of drug-likeness (QED) is 0.198. The van der Waals surface area contributed by atoms with Crippen LogP contribution in [0, 0.1) is 0 Å². The van der Waals surface area contributed by atoms with Crippen molar-refractivity contribution in [3.63, 3.8) is 0 Å². The number of nitrogens with zero attached hydrogens (tertiary/aromatic N) is 5. The molecule has 0 saturated heterocycles. The maximum Gasteiger partial charge on any atom is 0.326 e. The Hall–Kier alpha value is -3.45. The Morgan fingerprint density at radius 1 is 0.727 bits per heavy atom. The molecule has 2 amide bonds. The highest BCUT2D eigenvalue weighted by Crippen LogP contribution is 2.17. The average Bonchev–Trinajstić information content (AvgIpc) is 2.75. The summed E-state index contributed by atoms with van der Waals surface area (Å²) in [6, 6.07) is 14.1. The minimum absolute atomic E-state index is 0. The number of hydrogen-bond donors (Lipinski definition) is 5. The van der Waals surface area contributed by atoms with Gasteiger partial charge < -0.3 is 28.3 Å². The normalized spacial score (nSPS) is 10.8. The van der Waals surface area contributed by atoms with Gasteiger partial charge in [-0.1, -0.05) is 24.3 Å². The smallest absolute Gasteiger partial charge is 0.326 e. The van der Waals surface area contributed by atoms with Gasteiger partial charge in [-0.2, -0.15) is 10.2 Å². The van der Waals surface area contributed by atoms with E-state index in [9.17, 15) is 4.79 Å². The van der Waals surface area contributed by atoms with Crippen LogP contribution in [0.4, 0.5) is 16.2 Å². The molecular weight excluding hydrogens is 556 g/mol. The van der Waals surface area contributed by atoms with Crippen LogP contribution >= 0.6 is 34.0 Å². The molecule has 0 aliphatic heterocycles. The van der Waals surface area contributed by atoms with Crippen molar-refractivity contribution in [3.8, 4) is 0 Å². The second kappa shape index (κ2) is 13.9. The first-order valence-corrected chi connectivity index (χ1v) is 9.19. The van der Waals surface area contributed by atoms with E-state index in [0.717, 1.165) is 11.1 Å². The molecule has 0 bridgehead atoms. The number of nitrogens with two attached hydrogens (primary N) is 4. The number of anilines is 2. The summed E-state index contributed by atoms with van der Waals surface area (Å²) in [4.78, 5) is 14.1. The summed E-state index contributed by atoms with van der Waals surface area (Å²) in [5.74, 6) is -0.230. The second-order valence-corrected chi connectivity index (χ2v) is 6.53. The molecule has 0 aliphatic carbocycles. The number of carbonyl (C=O) groups is 1. The zero-order chi connectivity index (χ0) is 23.0. The van der Waals surface area contributed by atoms with Crippen LogP contribution in [-0.4, -0.2) is 36.4 Å². The van der Waals surface area contributed by atoms with Crippen LogP contribution in [-0.2, 0) is 0 Å². The van der Waals surface area contributed by atoms with Crippen molar-refractivity contribution < 1.29 is 4.79 Å². The van der Waals surface area contributed by atoms with Gasteiger partial charge in [0.05, 0.1) is 11.4 Å². The molecule has 0 saturated carbocycles. The van der Waals surface area contributed by atoms with E-state index in [4.69, 9.17) is 22.9 Å². The number of amides is 2. The van der Waals surface area contributed by atoms with Crippen LogP contribution in [0.3, 0.4) is 0 Å². The maximum absolute atomic E-state index is 12.6. The molecule has 33 heavy (non-hydrogen) atoms. The maximum atomic E-state index is 12.6. The van der Waals surface area contributed by atoms with E-state index in [1.165, 1.54) is 4.90 Å². The second-order valence-electron chi connectivity index (χ2n) is 6.53. The molecule has 0 aromatic heterocycles. The van der Waals surface area contributed by atoms with Crippen LogP contribution in [0.5, 0.6) is 0 Å². The zero-order valence-corrected chi connectivity index (χ0v) is 21.8. The molecule has 0 spiro atoms. The highest BCUT2D eigenvalue weighted by atomic mass is 79.9. The predicted molar refractivity (Wildman–Crippen MR) is 147 cm³/mol. The van der Waals surface area contributed by atoms with Crippen molar-refractivity contribution in [2.75, 3.05) is 17.3 Å². The minimum Gasteiger partial charge on any atom is -0.369 e. The summed E-state index contributed by atoms with van der Waals surface area (Å²) in [5.41, 5.74) is 25.4. The summed E-state index contributed by atoms with van der Waals surface area (Å²) in [5, 5.41) is 17.9. The van der Waals surface area contributed by atoms with Crippen LogP contribution in [0.15, 0.2) is 68.9 Å². The van der Waals surface area contributed by atoms with Gasteiger partial charge in [0.1, 0.15) is 0 Å². The number of guanidine groups is 2. The standard InChI is InChI=1S/C20H26N10O.2BrH/c1-12(26-28-18(21)22)14-4-8-16(9-5-14)25-20(31)30(3)17-10-6-15(7-11-17)13(2)27-29-19(23)24;;/h4-11H,1-3H3,(H,25,31)(H4,21,22,28)(H4,23,24,29);2*1H/b26-12+,27-13+;;. The van der Waals surface area contributed by atoms with Crippen LogP contribution in [0.1, 0.15) is 25.0 Å². The van der Waals surface area contributed by atoms with Crippen molar-refractivity contribution in [2.24, 2.45) is 43.3 Å². The Kier molecular flexibility index (Phi) is 12.4. The lowest BCUT2D eigenvalue weighted by molar-refractivity contribution is 0.258. The lowest BCUT2D eigenvalue weighted by Crippen LogP contribution is -2.31. The Morgan fingerprint density at radius 3 is 1.52 bits per heavy atom. The topological polar surface area (TPSA) is 186 Å². The van der Waals surface area contributed by atoms with Crippen molar-refractivity contribution in [1.82, 2.24) is 0 Å². The first-order valence-electron chi connectivity index (χ1n) is 9.19. The Bertz CT molecular complexity index is 1040. The Morgan fingerprint density at radius 2 is 1.12 bits per heavy atom. The number of benzene rings is 2. The molecule has 0 atom stereocenters. The van der Waals surface area contributed by atoms with Crippen molar-refractivity contribution in [2.45, 2.75) is 13.8 Å². The third-order valence-corrected chi connectivity index (χ3v) is 4.16. The third kappa shape index (κ3) is 9.29. The van der Waals surface area contributed by atoms with E-state index in [-0.39, 0.29) is 51.9 Å². The van der Waals surface area contributed by atoms with Gasteiger partial charge in [-0.25, -0.2) is 4.79 Å². The van der Waals surface area contributed by atoms with Gasteiger partial charge in [0.15, 0.2) is 0 Å². The summed E-state index contributed by atoms with van der Waals surface area (Å²) in [6.45, 7) is 3.56. The summed E-state index contributed by atoms with van der Waals surface area (Å²) in [6.07, 6.45) is 0. The molecule has 2 aromatic carbocycles. The largest absolute Gasteiger partial charge is 0.369 e. The predicted octanol–water partition coefficient (Wildman–Crippen LogP) is 2.51. The summed E-state index contributed by atoms with van der Waals surface area (Å²) >= 11 is 0. The fourth-order valence-corrected chi connectivity index (χ4v) is 2.43. The van der Waals surface area contributed by atoms with E-state index in [1.54, 1.807) is 45.2 Å². The number of carbonyl (C=O) groups excluding carboxylic acids is 1. The average molecular weight is 584 g/mol. The summed E-state index contributed by atoms with van der Waals surface area (Å²) in [7, 11) is 1.67. The number of rotatable bonds is 6. The SMILES string of the molecule is Br.Br.C/C(=N\N=C(N)N)c1ccc(NC(=O)N(C)c2ccc(/C(C)=N/N=C(N)N)cc2)cc1. The molecule has 0 radical (unpaired) electrons. The Balaban J connectivity index is 0.00000512. The minimum atomic E-state index is -0.294. The van der Waals surface area contributed by atoms with Gasteiger partial charge in [-0.15, -0.1) is 44.2 Å². The Labute approximate surface area is 213 Å². The van der Waals surface area contributed by atoms with E-state index in [2.05, 4.69) is 25.7 Å². The molecule has 2 aromatic rings. The van der Waals surface area contributed by atoms with Crippen LogP contribution in [0.2, 0.25) is 0 Å². The molecule has 0 aliphatic rings. The molecule has 2 rings (SSSR count). The van der Waals surface area contributed by atoms with E-state index < -0.39 is 0 Å². The first-order chi connectivity index (χ1) is 14.7. The number of urea groups is 1. The molecule has 0 fully saturated rings. The molecule has 0 heterocycles. The highest BCUT2D eigenvalue weighted by Gasteiger charge is 2.11. The zero-order valence-electron chi connectivity index (χ0n) is 18.4. The van der Waals surface area contributed by atoms with E-state index in [1.807, 2.05) is 24.3 Å². The molecular formula is C20H28Br2N10O.